The van der Waals surface area contributed by atoms with Crippen LogP contribution in [0.2, 0.25) is 0 Å². The summed E-state index contributed by atoms with van der Waals surface area (Å²) in [5.74, 6) is -3.86. The topological polar surface area (TPSA) is 90.9 Å². The number of rotatable bonds is 4. The molecule has 24 heavy (non-hydrogen) atoms. The maximum atomic E-state index is 12.3. The van der Waals surface area contributed by atoms with E-state index in [0.717, 1.165) is 10.0 Å². The van der Waals surface area contributed by atoms with Crippen molar-refractivity contribution >= 4 is 33.8 Å². The Morgan fingerprint density at radius 1 is 0.875 bits per heavy atom. The standard InChI is InChI=1S/C16H18BrNO6/c1-22-14(19)10-11(15(20)23-2)13(16(21)24-3)18-12(10)8-4-6-9(17)7-5-8/h4-7,10-13,18H,1-3H3/t10-,11+,12-,13-/m0/s1. The van der Waals surface area contributed by atoms with E-state index in [0.29, 0.717) is 0 Å². The van der Waals surface area contributed by atoms with Gasteiger partial charge in [-0.2, -0.15) is 0 Å². The first-order valence-electron chi connectivity index (χ1n) is 7.19. The van der Waals surface area contributed by atoms with E-state index >= 15 is 0 Å². The molecule has 1 aliphatic rings. The molecule has 7 nitrogen and oxygen atoms in total. The molecule has 8 heteroatoms. The predicted octanol–water partition coefficient (Wildman–Crippen LogP) is 1.21. The summed E-state index contributed by atoms with van der Waals surface area (Å²) < 4.78 is 15.3. The fraction of sp³-hybridized carbons (Fsp3) is 0.438. The zero-order chi connectivity index (χ0) is 17.9. The van der Waals surface area contributed by atoms with Crippen molar-refractivity contribution in [3.8, 4) is 0 Å². The van der Waals surface area contributed by atoms with Gasteiger partial charge in [0.15, 0.2) is 0 Å². The van der Waals surface area contributed by atoms with Gasteiger partial charge in [0.05, 0.1) is 33.2 Å². The van der Waals surface area contributed by atoms with Crippen LogP contribution < -0.4 is 5.32 Å². The smallest absolute Gasteiger partial charge is 0.323 e. The molecule has 1 aromatic rings. The van der Waals surface area contributed by atoms with Crippen molar-refractivity contribution in [3.63, 3.8) is 0 Å². The Kier molecular flexibility index (Phi) is 5.95. The van der Waals surface area contributed by atoms with Crippen molar-refractivity contribution in [3.05, 3.63) is 34.3 Å². The Hall–Kier alpha value is -1.93. The molecule has 1 aliphatic heterocycles. The number of hydrogen-bond donors (Lipinski definition) is 1. The first-order chi connectivity index (χ1) is 11.4. The third-order valence-corrected chi connectivity index (χ3v) is 4.62. The summed E-state index contributed by atoms with van der Waals surface area (Å²) in [6.07, 6.45) is 0. The van der Waals surface area contributed by atoms with E-state index in [4.69, 9.17) is 14.2 Å². The fourth-order valence-electron chi connectivity index (χ4n) is 2.97. The van der Waals surface area contributed by atoms with E-state index in [1.807, 2.05) is 12.1 Å². The van der Waals surface area contributed by atoms with Crippen LogP contribution in [0.5, 0.6) is 0 Å². The zero-order valence-corrected chi connectivity index (χ0v) is 15.0. The van der Waals surface area contributed by atoms with E-state index in [9.17, 15) is 14.4 Å². The summed E-state index contributed by atoms with van der Waals surface area (Å²) in [6.45, 7) is 0. The van der Waals surface area contributed by atoms with Crippen LogP contribution in [0.25, 0.3) is 0 Å². The fourth-order valence-corrected chi connectivity index (χ4v) is 3.23. The summed E-state index contributed by atoms with van der Waals surface area (Å²) in [5.41, 5.74) is 0.744. The molecule has 130 valence electrons. The molecule has 1 saturated heterocycles. The van der Waals surface area contributed by atoms with Crippen molar-refractivity contribution in [1.29, 1.82) is 0 Å². The Labute approximate surface area is 147 Å². The van der Waals surface area contributed by atoms with Gasteiger partial charge in [-0.3, -0.25) is 19.7 Å². The first kappa shape index (κ1) is 18.4. The molecule has 0 saturated carbocycles. The molecule has 1 heterocycles. The van der Waals surface area contributed by atoms with Crippen LogP contribution in [0.3, 0.4) is 0 Å². The van der Waals surface area contributed by atoms with Crippen molar-refractivity contribution < 1.29 is 28.6 Å². The number of halogens is 1. The van der Waals surface area contributed by atoms with E-state index < -0.39 is 41.8 Å². The molecule has 0 aromatic heterocycles. The van der Waals surface area contributed by atoms with Gasteiger partial charge in [0.1, 0.15) is 6.04 Å². The van der Waals surface area contributed by atoms with Crippen molar-refractivity contribution in [1.82, 2.24) is 5.32 Å². The largest absolute Gasteiger partial charge is 0.469 e. The van der Waals surface area contributed by atoms with Gasteiger partial charge in [-0.15, -0.1) is 0 Å². The Morgan fingerprint density at radius 2 is 1.38 bits per heavy atom. The summed E-state index contributed by atoms with van der Waals surface area (Å²) in [7, 11) is 3.66. The average molecular weight is 400 g/mol. The van der Waals surface area contributed by atoms with E-state index in [1.165, 1.54) is 21.3 Å². The molecule has 1 N–H and O–H groups in total. The molecular weight excluding hydrogens is 382 g/mol. The lowest BCUT2D eigenvalue weighted by atomic mass is 9.84. The number of nitrogens with one attached hydrogen (secondary N) is 1. The minimum absolute atomic E-state index is 0.584. The molecule has 1 aromatic carbocycles. The summed E-state index contributed by atoms with van der Waals surface area (Å²) in [5, 5.41) is 3.02. The highest BCUT2D eigenvalue weighted by molar-refractivity contribution is 9.10. The molecule has 1 fully saturated rings. The van der Waals surface area contributed by atoms with Crippen LogP contribution in [0.1, 0.15) is 11.6 Å². The number of ether oxygens (including phenoxy) is 3. The van der Waals surface area contributed by atoms with Crippen molar-refractivity contribution in [2.45, 2.75) is 12.1 Å². The van der Waals surface area contributed by atoms with Crippen LogP contribution in [0, 0.1) is 11.8 Å². The van der Waals surface area contributed by atoms with Crippen LogP contribution >= 0.6 is 15.9 Å². The third-order valence-electron chi connectivity index (χ3n) is 4.10. The van der Waals surface area contributed by atoms with Crippen LogP contribution in [-0.2, 0) is 28.6 Å². The predicted molar refractivity (Wildman–Crippen MR) is 86.8 cm³/mol. The molecular formula is C16H18BrNO6. The van der Waals surface area contributed by atoms with Crippen LogP contribution in [0.4, 0.5) is 0 Å². The lowest BCUT2D eigenvalue weighted by Gasteiger charge is -2.21. The number of carbonyl (C=O) groups excluding carboxylic acids is 3. The van der Waals surface area contributed by atoms with E-state index in [1.54, 1.807) is 12.1 Å². The monoisotopic (exact) mass is 399 g/mol. The van der Waals surface area contributed by atoms with Gasteiger partial charge in [0.2, 0.25) is 0 Å². The normalized spacial score (nSPS) is 25.8. The molecule has 0 bridgehead atoms. The summed E-state index contributed by atoms with van der Waals surface area (Å²) >= 11 is 3.34. The van der Waals surface area contributed by atoms with E-state index in [-0.39, 0.29) is 0 Å². The van der Waals surface area contributed by atoms with Gasteiger partial charge < -0.3 is 14.2 Å². The van der Waals surface area contributed by atoms with Crippen LogP contribution in [-0.4, -0.2) is 45.3 Å². The minimum atomic E-state index is -1.04. The van der Waals surface area contributed by atoms with Gasteiger partial charge >= 0.3 is 17.9 Å². The molecule has 2 rings (SSSR count). The number of carbonyl (C=O) groups is 3. The van der Waals surface area contributed by atoms with Gasteiger partial charge in [-0.1, -0.05) is 28.1 Å². The molecule has 0 aliphatic carbocycles. The SMILES string of the molecule is COC(=O)[C@@H]1[C@H](C(=O)OC)[C@H](c2ccc(Br)cc2)N[C@@H]1C(=O)OC. The molecule has 0 amide bonds. The molecule has 0 spiro atoms. The number of methoxy groups -OCH3 is 3. The maximum Gasteiger partial charge on any atom is 0.323 e. The number of esters is 3. The highest BCUT2D eigenvalue weighted by atomic mass is 79.9. The van der Waals surface area contributed by atoms with Gasteiger partial charge in [0.25, 0.3) is 0 Å². The Balaban J connectivity index is 2.48. The number of benzene rings is 1. The van der Waals surface area contributed by atoms with Crippen molar-refractivity contribution in [2.24, 2.45) is 11.8 Å². The second kappa shape index (κ2) is 7.76. The quantitative estimate of drug-likeness (QED) is 0.600. The Bertz CT molecular complexity index is 632. The third kappa shape index (κ3) is 3.44. The summed E-state index contributed by atoms with van der Waals surface area (Å²) in [4.78, 5) is 36.6. The first-order valence-corrected chi connectivity index (χ1v) is 7.98. The Morgan fingerprint density at radius 3 is 1.88 bits per heavy atom. The zero-order valence-electron chi connectivity index (χ0n) is 13.4. The van der Waals surface area contributed by atoms with Gasteiger partial charge in [0, 0.05) is 10.5 Å². The second-order valence-corrected chi connectivity index (χ2v) is 6.21. The highest BCUT2D eigenvalue weighted by Gasteiger charge is 2.55. The number of hydrogen-bond acceptors (Lipinski definition) is 7. The molecule has 0 unspecified atom stereocenters. The van der Waals surface area contributed by atoms with E-state index in [2.05, 4.69) is 21.2 Å². The average Bonchev–Trinajstić information content (AvgIpc) is 3.00. The van der Waals surface area contributed by atoms with Crippen molar-refractivity contribution in [2.75, 3.05) is 21.3 Å². The molecule has 4 atom stereocenters. The minimum Gasteiger partial charge on any atom is -0.469 e. The molecule has 0 radical (unpaired) electrons. The lowest BCUT2D eigenvalue weighted by Crippen LogP contribution is -2.42. The second-order valence-electron chi connectivity index (χ2n) is 5.29. The van der Waals surface area contributed by atoms with Gasteiger partial charge in [-0.05, 0) is 17.7 Å². The maximum absolute atomic E-state index is 12.3. The summed E-state index contributed by atoms with van der Waals surface area (Å²) in [6, 6.07) is 5.63. The highest BCUT2D eigenvalue weighted by Crippen LogP contribution is 2.39. The van der Waals surface area contributed by atoms with Gasteiger partial charge in [-0.25, -0.2) is 0 Å². The van der Waals surface area contributed by atoms with Crippen LogP contribution in [0.15, 0.2) is 28.7 Å². The lowest BCUT2D eigenvalue weighted by molar-refractivity contribution is -0.159.